The summed E-state index contributed by atoms with van der Waals surface area (Å²) >= 11 is 0. The second-order valence-electron chi connectivity index (χ2n) is 7.63. The summed E-state index contributed by atoms with van der Waals surface area (Å²) in [5.41, 5.74) is 0.647. The number of H-pyrrole nitrogens is 1. The number of hydrogen-bond acceptors (Lipinski definition) is 5. The molecule has 1 saturated heterocycles. The molecular formula is C25H31FN6O2. The number of carbonyl (C=O) groups is 1. The topological polar surface area (TPSA) is 97.5 Å². The number of likely N-dealkylation sites (N-methyl/N-ethyl adjacent to an activating group) is 1. The Bertz CT molecular complexity index is 1160. The van der Waals surface area contributed by atoms with Crippen LogP contribution in [0.1, 0.15) is 26.3 Å². The summed E-state index contributed by atoms with van der Waals surface area (Å²) in [5.74, 6) is -0.460. The van der Waals surface area contributed by atoms with Crippen LogP contribution in [0.2, 0.25) is 0 Å². The average molecular weight is 467 g/mol. The molecule has 1 fully saturated rings. The van der Waals surface area contributed by atoms with Crippen molar-refractivity contribution in [2.75, 3.05) is 39.8 Å². The maximum atomic E-state index is 13.4. The van der Waals surface area contributed by atoms with Gasteiger partial charge < -0.3 is 9.80 Å². The Kier molecular flexibility index (Phi) is 9.71. The van der Waals surface area contributed by atoms with Crippen molar-refractivity contribution < 1.29 is 9.18 Å². The van der Waals surface area contributed by atoms with Gasteiger partial charge in [0.1, 0.15) is 17.7 Å². The number of carbonyl (C=O) groups excluding carboxylic acids is 1. The fourth-order valence-corrected chi connectivity index (χ4v) is 3.46. The van der Waals surface area contributed by atoms with Crippen molar-refractivity contribution in [3.8, 4) is 6.07 Å². The Morgan fingerprint density at radius 2 is 1.94 bits per heavy atom. The Labute approximate surface area is 199 Å². The van der Waals surface area contributed by atoms with Crippen molar-refractivity contribution in [2.24, 2.45) is 4.99 Å². The zero-order valence-electron chi connectivity index (χ0n) is 20.1. The van der Waals surface area contributed by atoms with E-state index in [2.05, 4.69) is 28.5 Å². The lowest BCUT2D eigenvalue weighted by Gasteiger charge is -2.34. The molecule has 180 valence electrons. The third kappa shape index (κ3) is 6.39. The van der Waals surface area contributed by atoms with Crippen LogP contribution >= 0.6 is 0 Å². The standard InChI is InChI=1S/C25H31FN6O2/c1-6-20(9-10-21(16-27)19(4)26)22-17-29-32(25(22)34)23(28-5)11-8-18(3)24(33)31-14-12-30(7-2)13-15-31/h6,8-11,17,29H,3,7,12-15H2,1-2,4-5H3/b10-9-,11-8-,20-6-,21-19-,28-23?. The average Bonchev–Trinajstić information content (AvgIpc) is 3.22. The second-order valence-corrected chi connectivity index (χ2v) is 7.63. The van der Waals surface area contributed by atoms with Gasteiger partial charge in [0.05, 0.1) is 11.1 Å². The molecule has 0 aliphatic carbocycles. The zero-order chi connectivity index (χ0) is 25.3. The number of aromatic nitrogens is 2. The number of piperazine rings is 1. The van der Waals surface area contributed by atoms with Gasteiger partial charge in [-0.25, -0.2) is 9.07 Å². The van der Waals surface area contributed by atoms with E-state index in [1.165, 1.54) is 37.0 Å². The SMILES string of the molecule is C=C(/C=C\C(=NC)n1[nH]cc(C(/C=C\C(C#N)=C(/C)F)=C\C)c1=O)C(=O)N1CCN(CC)CC1. The summed E-state index contributed by atoms with van der Waals surface area (Å²) in [6.07, 6.45) is 9.13. The van der Waals surface area contributed by atoms with Crippen LogP contribution in [0.25, 0.3) is 5.57 Å². The van der Waals surface area contributed by atoms with Gasteiger partial charge in [0.15, 0.2) is 0 Å². The van der Waals surface area contributed by atoms with E-state index >= 15 is 0 Å². The van der Waals surface area contributed by atoms with Gasteiger partial charge in [-0.1, -0.05) is 25.7 Å². The maximum absolute atomic E-state index is 13.4. The Hall–Kier alpha value is -3.77. The third-order valence-electron chi connectivity index (χ3n) is 5.59. The summed E-state index contributed by atoms with van der Waals surface area (Å²) in [7, 11) is 1.53. The van der Waals surface area contributed by atoms with Crippen LogP contribution in [0.3, 0.4) is 0 Å². The summed E-state index contributed by atoms with van der Waals surface area (Å²) in [5, 5.41) is 11.9. The lowest BCUT2D eigenvalue weighted by atomic mass is 10.1. The summed E-state index contributed by atoms with van der Waals surface area (Å²) in [6, 6.07) is 1.77. The minimum Gasteiger partial charge on any atom is -0.336 e. The first kappa shape index (κ1) is 26.5. The maximum Gasteiger partial charge on any atom is 0.280 e. The molecule has 8 nitrogen and oxygen atoms in total. The Morgan fingerprint density at radius 3 is 2.47 bits per heavy atom. The van der Waals surface area contributed by atoms with E-state index in [0.717, 1.165) is 19.6 Å². The molecule has 0 unspecified atom stereocenters. The number of halogens is 1. The Morgan fingerprint density at radius 1 is 1.26 bits per heavy atom. The lowest BCUT2D eigenvalue weighted by molar-refractivity contribution is -0.128. The monoisotopic (exact) mass is 466 g/mol. The van der Waals surface area contributed by atoms with E-state index in [1.807, 2.05) is 0 Å². The van der Waals surface area contributed by atoms with Crippen molar-refractivity contribution in [3.63, 3.8) is 0 Å². The molecule has 2 rings (SSSR count). The van der Waals surface area contributed by atoms with E-state index < -0.39 is 5.83 Å². The predicted octanol–water partition coefficient (Wildman–Crippen LogP) is 3.06. The smallest absolute Gasteiger partial charge is 0.280 e. The third-order valence-corrected chi connectivity index (χ3v) is 5.59. The van der Waals surface area contributed by atoms with Gasteiger partial charge in [0, 0.05) is 45.0 Å². The number of nitrogens with one attached hydrogen (secondary N) is 1. The van der Waals surface area contributed by atoms with Gasteiger partial charge in [-0.3, -0.25) is 19.7 Å². The van der Waals surface area contributed by atoms with E-state index in [4.69, 9.17) is 5.26 Å². The molecule has 0 radical (unpaired) electrons. The van der Waals surface area contributed by atoms with E-state index in [0.29, 0.717) is 29.8 Å². The molecule has 9 heteroatoms. The highest BCUT2D eigenvalue weighted by atomic mass is 19.1. The Balaban J connectivity index is 2.19. The molecule has 1 N–H and O–H groups in total. The van der Waals surface area contributed by atoms with Crippen LogP contribution in [0.15, 0.2) is 69.9 Å². The number of aromatic amines is 1. The first-order valence-electron chi connectivity index (χ1n) is 11.0. The van der Waals surface area contributed by atoms with Gasteiger partial charge in [0.2, 0.25) is 0 Å². The van der Waals surface area contributed by atoms with Crippen molar-refractivity contribution in [1.82, 2.24) is 19.6 Å². The van der Waals surface area contributed by atoms with Crippen molar-refractivity contribution in [2.45, 2.75) is 20.8 Å². The van der Waals surface area contributed by atoms with Crippen molar-refractivity contribution in [1.29, 1.82) is 5.26 Å². The molecule has 1 amide bonds. The fraction of sp³-hybridized carbons (Fsp3) is 0.360. The van der Waals surface area contributed by atoms with Gasteiger partial charge in [0.25, 0.3) is 11.5 Å². The van der Waals surface area contributed by atoms with Crippen LogP contribution in [0.5, 0.6) is 0 Å². The number of nitrogens with zero attached hydrogens (tertiary/aromatic N) is 5. The number of nitriles is 1. The molecule has 1 aliphatic rings. The summed E-state index contributed by atoms with van der Waals surface area (Å²) in [4.78, 5) is 33.9. The molecule has 0 saturated carbocycles. The first-order chi connectivity index (χ1) is 16.3. The highest BCUT2D eigenvalue weighted by Crippen LogP contribution is 2.15. The lowest BCUT2D eigenvalue weighted by Crippen LogP contribution is -2.48. The molecule has 34 heavy (non-hydrogen) atoms. The van der Waals surface area contributed by atoms with E-state index in [-0.39, 0.29) is 22.9 Å². The molecular weight excluding hydrogens is 435 g/mol. The van der Waals surface area contributed by atoms with Gasteiger partial charge in [-0.15, -0.1) is 0 Å². The molecule has 0 atom stereocenters. The van der Waals surface area contributed by atoms with Gasteiger partial charge >= 0.3 is 0 Å². The first-order valence-corrected chi connectivity index (χ1v) is 11.0. The number of hydrogen-bond donors (Lipinski definition) is 1. The summed E-state index contributed by atoms with van der Waals surface area (Å²) in [6.45, 7) is 12.8. The molecule has 0 aromatic carbocycles. The van der Waals surface area contributed by atoms with Crippen LogP contribution < -0.4 is 5.56 Å². The predicted molar refractivity (Wildman–Crippen MR) is 133 cm³/mol. The molecule has 1 aliphatic heterocycles. The molecule has 0 bridgehead atoms. The minimum absolute atomic E-state index is 0.117. The fourth-order valence-electron chi connectivity index (χ4n) is 3.46. The van der Waals surface area contributed by atoms with Crippen molar-refractivity contribution >= 4 is 17.3 Å². The largest absolute Gasteiger partial charge is 0.336 e. The molecule has 1 aromatic heterocycles. The second kappa shape index (κ2) is 12.5. The number of amides is 1. The van der Waals surface area contributed by atoms with Crippen LogP contribution in [-0.2, 0) is 4.79 Å². The van der Waals surface area contributed by atoms with Crippen molar-refractivity contribution in [3.05, 3.63) is 76.0 Å². The highest BCUT2D eigenvalue weighted by molar-refractivity contribution is 6.00. The zero-order valence-corrected chi connectivity index (χ0v) is 20.1. The van der Waals surface area contributed by atoms with E-state index in [9.17, 15) is 14.0 Å². The summed E-state index contributed by atoms with van der Waals surface area (Å²) < 4.78 is 14.6. The number of rotatable bonds is 7. The van der Waals surface area contributed by atoms with Gasteiger partial charge in [-0.2, -0.15) is 5.26 Å². The van der Waals surface area contributed by atoms with E-state index in [1.54, 1.807) is 36.1 Å². The number of allylic oxidation sites excluding steroid dienone is 7. The van der Waals surface area contributed by atoms with Gasteiger partial charge in [-0.05, 0) is 44.2 Å². The van der Waals surface area contributed by atoms with Crippen LogP contribution in [0.4, 0.5) is 4.39 Å². The highest BCUT2D eigenvalue weighted by Gasteiger charge is 2.21. The molecule has 2 heterocycles. The molecule has 0 spiro atoms. The minimum atomic E-state index is -0.603. The van der Waals surface area contributed by atoms with Crippen LogP contribution in [-0.4, -0.2) is 71.1 Å². The normalized spacial score (nSPS) is 16.8. The molecule has 1 aromatic rings. The number of aliphatic imine (C=N–C) groups is 1. The quantitative estimate of drug-likeness (QED) is 0.220. The van der Waals surface area contributed by atoms with Crippen LogP contribution in [0, 0.1) is 11.3 Å².